The van der Waals surface area contributed by atoms with E-state index in [1.807, 2.05) is 44.2 Å². The van der Waals surface area contributed by atoms with Crippen LogP contribution in [-0.2, 0) is 11.3 Å². The number of hydrogen-bond donors (Lipinski definition) is 1. The van der Waals surface area contributed by atoms with E-state index in [0.29, 0.717) is 6.54 Å². The number of aromatic nitrogens is 1. The molecule has 0 saturated carbocycles. The molecule has 28 heavy (non-hydrogen) atoms. The van der Waals surface area contributed by atoms with Crippen LogP contribution in [0, 0.1) is 12.3 Å². The number of aryl methyl sites for hydroxylation is 1. The fraction of sp³-hybridized carbons (Fsp3) is 0.550. The second kappa shape index (κ2) is 8.71. The quantitative estimate of drug-likeness (QED) is 0.816. The predicted octanol–water partition coefficient (Wildman–Crippen LogP) is 3.85. The van der Waals surface area contributed by atoms with E-state index in [0.717, 1.165) is 53.7 Å². The summed E-state index contributed by atoms with van der Waals surface area (Å²) in [6.45, 7) is 11.7. The van der Waals surface area contributed by atoms with Gasteiger partial charge in [-0.15, -0.1) is 22.7 Å². The van der Waals surface area contributed by atoms with Gasteiger partial charge >= 0.3 is 0 Å². The molecule has 1 saturated heterocycles. The van der Waals surface area contributed by atoms with Gasteiger partial charge in [0.05, 0.1) is 21.1 Å². The Kier molecular flexibility index (Phi) is 6.52. The molecule has 0 aromatic carbocycles. The number of nitrogens with one attached hydrogen (secondary N) is 1. The van der Waals surface area contributed by atoms with E-state index in [2.05, 4.69) is 20.6 Å². The Morgan fingerprint density at radius 1 is 1.21 bits per heavy atom. The van der Waals surface area contributed by atoms with E-state index in [1.54, 1.807) is 11.3 Å². The summed E-state index contributed by atoms with van der Waals surface area (Å²) in [5.74, 6) is 0.0227. The Labute approximate surface area is 174 Å². The lowest BCUT2D eigenvalue weighted by Gasteiger charge is -2.21. The lowest BCUT2D eigenvalue weighted by atomic mass is 9.96. The molecule has 1 aliphatic heterocycles. The molecular weight excluding hydrogens is 392 g/mol. The topological polar surface area (TPSA) is 65.5 Å². The highest BCUT2D eigenvalue weighted by Crippen LogP contribution is 2.29. The SMILES string of the molecule is Cc1cc(NC(=O)C(C)(C)C)sc1C(=O)N1CCCN(Cc2cscn2)CC1. The van der Waals surface area contributed by atoms with E-state index in [4.69, 9.17) is 0 Å². The molecule has 1 fully saturated rings. The monoisotopic (exact) mass is 420 g/mol. The summed E-state index contributed by atoms with van der Waals surface area (Å²) in [5, 5.41) is 5.76. The molecule has 0 atom stereocenters. The normalized spacial score (nSPS) is 16.1. The van der Waals surface area contributed by atoms with Gasteiger partial charge in [0.15, 0.2) is 0 Å². The van der Waals surface area contributed by atoms with Gasteiger partial charge in [-0.1, -0.05) is 20.8 Å². The summed E-state index contributed by atoms with van der Waals surface area (Å²) in [6.07, 6.45) is 0.952. The fourth-order valence-electron chi connectivity index (χ4n) is 3.08. The summed E-state index contributed by atoms with van der Waals surface area (Å²) in [5.41, 5.74) is 3.41. The van der Waals surface area contributed by atoms with Crippen molar-refractivity contribution in [2.75, 3.05) is 31.5 Å². The van der Waals surface area contributed by atoms with Gasteiger partial charge in [-0.05, 0) is 25.0 Å². The Morgan fingerprint density at radius 2 is 2.00 bits per heavy atom. The van der Waals surface area contributed by atoms with Crippen molar-refractivity contribution in [2.24, 2.45) is 5.41 Å². The van der Waals surface area contributed by atoms with Crippen LogP contribution in [0.3, 0.4) is 0 Å². The smallest absolute Gasteiger partial charge is 0.264 e. The molecule has 2 aromatic heterocycles. The first kappa shape index (κ1) is 21.0. The van der Waals surface area contributed by atoms with Crippen molar-refractivity contribution < 1.29 is 9.59 Å². The molecule has 0 aliphatic carbocycles. The van der Waals surface area contributed by atoms with Crippen molar-refractivity contribution >= 4 is 39.5 Å². The van der Waals surface area contributed by atoms with Crippen LogP contribution in [0.4, 0.5) is 5.00 Å². The van der Waals surface area contributed by atoms with Gasteiger partial charge in [0.2, 0.25) is 5.91 Å². The third-order valence-electron chi connectivity index (χ3n) is 4.77. The van der Waals surface area contributed by atoms with Crippen molar-refractivity contribution in [1.29, 1.82) is 0 Å². The highest BCUT2D eigenvalue weighted by molar-refractivity contribution is 7.18. The summed E-state index contributed by atoms with van der Waals surface area (Å²) < 4.78 is 0. The number of hydrogen-bond acceptors (Lipinski definition) is 6. The first-order chi connectivity index (χ1) is 13.2. The predicted molar refractivity (Wildman–Crippen MR) is 115 cm³/mol. The van der Waals surface area contributed by atoms with Crippen LogP contribution < -0.4 is 5.32 Å². The zero-order valence-corrected chi connectivity index (χ0v) is 18.6. The van der Waals surface area contributed by atoms with E-state index in [-0.39, 0.29) is 11.8 Å². The minimum Gasteiger partial charge on any atom is -0.337 e. The fourth-order valence-corrected chi connectivity index (χ4v) is 4.66. The summed E-state index contributed by atoms with van der Waals surface area (Å²) >= 11 is 2.99. The van der Waals surface area contributed by atoms with Crippen LogP contribution in [0.15, 0.2) is 17.0 Å². The molecule has 0 spiro atoms. The highest BCUT2D eigenvalue weighted by Gasteiger charge is 2.26. The number of nitrogens with zero attached hydrogens (tertiary/aromatic N) is 3. The third-order valence-corrected chi connectivity index (χ3v) is 6.55. The van der Waals surface area contributed by atoms with Crippen molar-refractivity contribution in [3.05, 3.63) is 33.1 Å². The van der Waals surface area contributed by atoms with Gasteiger partial charge in [0.25, 0.3) is 5.91 Å². The molecule has 0 unspecified atom stereocenters. The van der Waals surface area contributed by atoms with Crippen LogP contribution in [0.2, 0.25) is 0 Å². The second-order valence-electron chi connectivity index (χ2n) is 8.23. The van der Waals surface area contributed by atoms with E-state index >= 15 is 0 Å². The molecule has 3 rings (SSSR count). The van der Waals surface area contributed by atoms with Crippen LogP contribution in [0.25, 0.3) is 0 Å². The second-order valence-corrected chi connectivity index (χ2v) is 10.00. The summed E-state index contributed by atoms with van der Waals surface area (Å²) in [7, 11) is 0. The van der Waals surface area contributed by atoms with Gasteiger partial charge in [-0.3, -0.25) is 14.5 Å². The molecule has 6 nitrogen and oxygen atoms in total. The minimum absolute atomic E-state index is 0.0415. The zero-order valence-electron chi connectivity index (χ0n) is 16.9. The van der Waals surface area contributed by atoms with Crippen molar-refractivity contribution in [2.45, 2.75) is 40.7 Å². The average Bonchev–Trinajstić information content (AvgIpc) is 3.18. The van der Waals surface area contributed by atoms with Gasteiger partial charge in [-0.25, -0.2) is 4.98 Å². The zero-order chi connectivity index (χ0) is 20.3. The van der Waals surface area contributed by atoms with Gasteiger partial charge < -0.3 is 10.2 Å². The standard InChI is InChI=1S/C20H28N4O2S2/c1-14-10-16(22-19(26)20(2,3)4)28-17(14)18(25)24-7-5-6-23(8-9-24)11-15-12-27-13-21-15/h10,12-13H,5-9,11H2,1-4H3,(H,22,26). The maximum atomic E-state index is 13.1. The lowest BCUT2D eigenvalue weighted by Crippen LogP contribution is -2.35. The molecule has 0 radical (unpaired) electrons. The summed E-state index contributed by atoms with van der Waals surface area (Å²) in [4.78, 5) is 34.7. The summed E-state index contributed by atoms with van der Waals surface area (Å²) in [6, 6.07) is 1.90. The number of amides is 2. The van der Waals surface area contributed by atoms with Gasteiger partial charge in [-0.2, -0.15) is 0 Å². The number of carbonyl (C=O) groups excluding carboxylic acids is 2. The molecule has 3 heterocycles. The van der Waals surface area contributed by atoms with Crippen molar-refractivity contribution in [1.82, 2.24) is 14.8 Å². The number of carbonyl (C=O) groups is 2. The number of thiophene rings is 1. The molecular formula is C20H28N4O2S2. The molecule has 0 bridgehead atoms. The molecule has 2 amide bonds. The van der Waals surface area contributed by atoms with E-state index < -0.39 is 5.41 Å². The minimum atomic E-state index is -0.465. The number of rotatable bonds is 4. The highest BCUT2D eigenvalue weighted by atomic mass is 32.1. The van der Waals surface area contributed by atoms with Crippen LogP contribution in [0.5, 0.6) is 0 Å². The number of thiazole rings is 1. The lowest BCUT2D eigenvalue weighted by molar-refractivity contribution is -0.123. The molecule has 8 heteroatoms. The largest absolute Gasteiger partial charge is 0.337 e. The maximum Gasteiger partial charge on any atom is 0.264 e. The molecule has 1 N–H and O–H groups in total. The van der Waals surface area contributed by atoms with Crippen molar-refractivity contribution in [3.8, 4) is 0 Å². The van der Waals surface area contributed by atoms with Crippen molar-refractivity contribution in [3.63, 3.8) is 0 Å². The molecule has 152 valence electrons. The van der Waals surface area contributed by atoms with Crippen LogP contribution in [0.1, 0.15) is 48.1 Å². The van der Waals surface area contributed by atoms with Gasteiger partial charge in [0.1, 0.15) is 0 Å². The molecule has 2 aromatic rings. The Morgan fingerprint density at radius 3 is 2.68 bits per heavy atom. The number of anilines is 1. The van der Waals surface area contributed by atoms with E-state index in [1.165, 1.54) is 11.3 Å². The van der Waals surface area contributed by atoms with Crippen LogP contribution >= 0.6 is 22.7 Å². The molecule has 1 aliphatic rings. The third kappa shape index (κ3) is 5.18. The Balaban J connectivity index is 1.63. The Hall–Kier alpha value is -1.77. The van der Waals surface area contributed by atoms with Gasteiger partial charge in [0, 0.05) is 43.5 Å². The maximum absolute atomic E-state index is 13.1. The van der Waals surface area contributed by atoms with E-state index in [9.17, 15) is 9.59 Å². The first-order valence-electron chi connectivity index (χ1n) is 9.54. The Bertz CT molecular complexity index is 824. The first-order valence-corrected chi connectivity index (χ1v) is 11.3. The van der Waals surface area contributed by atoms with Crippen LogP contribution in [-0.4, -0.2) is 52.8 Å². The average molecular weight is 421 g/mol.